The van der Waals surface area contributed by atoms with Crippen LogP contribution in [0.15, 0.2) is 18.2 Å². The van der Waals surface area contributed by atoms with Crippen molar-refractivity contribution in [2.45, 2.75) is 40.0 Å². The normalized spacial score (nSPS) is 17.6. The monoisotopic (exact) mass is 346 g/mol. The highest BCUT2D eigenvalue weighted by Gasteiger charge is 2.24. The maximum absolute atomic E-state index is 12.8. The molecule has 1 N–H and O–H groups in total. The van der Waals surface area contributed by atoms with Gasteiger partial charge in [0.1, 0.15) is 0 Å². The molecule has 5 heteroatoms. The molecular formula is C20H30N2O3. The van der Waals surface area contributed by atoms with E-state index in [-0.39, 0.29) is 11.8 Å². The van der Waals surface area contributed by atoms with Crippen molar-refractivity contribution in [1.82, 2.24) is 4.90 Å². The van der Waals surface area contributed by atoms with Gasteiger partial charge in [-0.3, -0.25) is 9.59 Å². The minimum absolute atomic E-state index is 0.00983. The number of nitrogens with zero attached hydrogens (tertiary/aromatic N) is 1. The summed E-state index contributed by atoms with van der Waals surface area (Å²) in [6.07, 6.45) is 2.62. The second-order valence-electron chi connectivity index (χ2n) is 7.39. The molecule has 1 atom stereocenters. The summed E-state index contributed by atoms with van der Waals surface area (Å²) in [5, 5.41) is 2.93. The number of carbonyl (C=O) groups is 2. The van der Waals surface area contributed by atoms with Gasteiger partial charge in [0.05, 0.1) is 6.61 Å². The van der Waals surface area contributed by atoms with Crippen LogP contribution in [0.3, 0.4) is 0 Å². The Morgan fingerprint density at radius 3 is 2.76 bits per heavy atom. The number of hydrogen-bond acceptors (Lipinski definition) is 3. The van der Waals surface area contributed by atoms with E-state index in [4.69, 9.17) is 4.74 Å². The molecule has 1 aromatic carbocycles. The number of carbonyl (C=O) groups excluding carboxylic acids is 2. The fourth-order valence-corrected chi connectivity index (χ4v) is 3.31. The van der Waals surface area contributed by atoms with Crippen LogP contribution in [0, 0.1) is 18.8 Å². The number of benzene rings is 1. The van der Waals surface area contributed by atoms with Gasteiger partial charge in [0, 0.05) is 37.9 Å². The average molecular weight is 346 g/mol. The van der Waals surface area contributed by atoms with E-state index in [9.17, 15) is 9.59 Å². The Morgan fingerprint density at radius 2 is 2.12 bits per heavy atom. The minimum atomic E-state index is 0.00983. The number of anilines is 1. The molecule has 0 radical (unpaired) electrons. The number of ether oxygens (including phenoxy) is 1. The van der Waals surface area contributed by atoms with Crippen LogP contribution < -0.4 is 5.32 Å². The summed E-state index contributed by atoms with van der Waals surface area (Å²) in [7, 11) is 1.70. The first-order chi connectivity index (χ1) is 11.9. The first-order valence-corrected chi connectivity index (χ1v) is 9.09. The van der Waals surface area contributed by atoms with E-state index in [1.165, 1.54) is 0 Å². The van der Waals surface area contributed by atoms with Gasteiger partial charge in [-0.2, -0.15) is 0 Å². The zero-order chi connectivity index (χ0) is 18.4. The number of rotatable bonds is 6. The van der Waals surface area contributed by atoms with Gasteiger partial charge in [-0.25, -0.2) is 0 Å². The molecule has 1 heterocycles. The Kier molecular flexibility index (Phi) is 7.00. The van der Waals surface area contributed by atoms with Crippen LogP contribution in [0.5, 0.6) is 0 Å². The zero-order valence-corrected chi connectivity index (χ0v) is 15.8. The van der Waals surface area contributed by atoms with Crippen molar-refractivity contribution < 1.29 is 14.3 Å². The molecule has 1 fully saturated rings. The lowest BCUT2D eigenvalue weighted by atomic mass is 9.98. The van der Waals surface area contributed by atoms with E-state index in [1.54, 1.807) is 13.2 Å². The van der Waals surface area contributed by atoms with E-state index < -0.39 is 0 Å². The number of nitrogens with one attached hydrogen (secondary N) is 1. The minimum Gasteiger partial charge on any atom is -0.384 e. The van der Waals surface area contributed by atoms with E-state index in [2.05, 4.69) is 5.32 Å². The summed E-state index contributed by atoms with van der Waals surface area (Å²) >= 11 is 0. The van der Waals surface area contributed by atoms with Crippen LogP contribution in [-0.4, -0.2) is 43.5 Å². The first-order valence-electron chi connectivity index (χ1n) is 9.09. The van der Waals surface area contributed by atoms with Gasteiger partial charge in [0.15, 0.2) is 0 Å². The van der Waals surface area contributed by atoms with Crippen molar-refractivity contribution >= 4 is 17.5 Å². The molecule has 25 heavy (non-hydrogen) atoms. The Balaban J connectivity index is 2.03. The Labute approximate surface area is 150 Å². The fourth-order valence-electron chi connectivity index (χ4n) is 3.31. The maximum Gasteiger partial charge on any atom is 0.253 e. The van der Waals surface area contributed by atoms with E-state index in [0.717, 1.165) is 37.2 Å². The average Bonchev–Trinajstić information content (AvgIpc) is 2.56. The van der Waals surface area contributed by atoms with Gasteiger partial charge < -0.3 is 15.0 Å². The van der Waals surface area contributed by atoms with Gasteiger partial charge in [-0.05, 0) is 55.4 Å². The predicted molar refractivity (Wildman–Crippen MR) is 99.8 cm³/mol. The highest BCUT2D eigenvalue weighted by molar-refractivity contribution is 5.96. The lowest BCUT2D eigenvalue weighted by Crippen LogP contribution is -2.41. The summed E-state index contributed by atoms with van der Waals surface area (Å²) in [6, 6.07) is 5.50. The molecule has 5 nitrogen and oxygen atoms in total. The summed E-state index contributed by atoms with van der Waals surface area (Å²) < 4.78 is 5.24. The van der Waals surface area contributed by atoms with Gasteiger partial charge in [-0.1, -0.05) is 13.8 Å². The van der Waals surface area contributed by atoms with Gasteiger partial charge in [0.25, 0.3) is 5.91 Å². The Hall–Kier alpha value is -1.88. The molecule has 138 valence electrons. The molecule has 1 saturated heterocycles. The SMILES string of the molecule is COC[C@@H]1CCCN(C(=O)c2ccc(NC(=O)CC(C)C)c(C)c2)C1. The second kappa shape index (κ2) is 8.99. The van der Waals surface area contributed by atoms with E-state index in [1.807, 2.05) is 37.8 Å². The van der Waals surface area contributed by atoms with E-state index in [0.29, 0.717) is 30.4 Å². The molecule has 0 bridgehead atoms. The molecule has 0 saturated carbocycles. The standard InChI is InChI=1S/C20H30N2O3/c1-14(2)10-19(23)21-18-8-7-17(11-15(18)3)20(24)22-9-5-6-16(12-22)13-25-4/h7-8,11,14,16H,5-6,9-10,12-13H2,1-4H3,(H,21,23)/t16-/m1/s1. The predicted octanol–water partition coefficient (Wildman–Crippen LogP) is 3.48. The number of likely N-dealkylation sites (tertiary alicyclic amines) is 1. The number of amides is 2. The molecule has 0 aromatic heterocycles. The molecule has 1 aromatic rings. The number of aryl methyl sites for hydroxylation is 1. The van der Waals surface area contributed by atoms with Crippen molar-refractivity contribution in [2.24, 2.45) is 11.8 Å². The molecular weight excluding hydrogens is 316 g/mol. The maximum atomic E-state index is 12.8. The summed E-state index contributed by atoms with van der Waals surface area (Å²) in [4.78, 5) is 26.6. The Morgan fingerprint density at radius 1 is 1.36 bits per heavy atom. The summed E-state index contributed by atoms with van der Waals surface area (Å²) in [5.74, 6) is 0.804. The molecule has 2 rings (SSSR count). The van der Waals surface area contributed by atoms with Crippen molar-refractivity contribution in [3.63, 3.8) is 0 Å². The highest BCUT2D eigenvalue weighted by atomic mass is 16.5. The lowest BCUT2D eigenvalue weighted by molar-refractivity contribution is -0.116. The van der Waals surface area contributed by atoms with Gasteiger partial charge in [-0.15, -0.1) is 0 Å². The van der Waals surface area contributed by atoms with E-state index >= 15 is 0 Å². The van der Waals surface area contributed by atoms with Gasteiger partial charge in [0.2, 0.25) is 5.91 Å². The number of piperidine rings is 1. The first kappa shape index (κ1) is 19.4. The van der Waals surface area contributed by atoms with Crippen molar-refractivity contribution in [2.75, 3.05) is 32.1 Å². The molecule has 0 aliphatic carbocycles. The number of hydrogen-bond donors (Lipinski definition) is 1. The molecule has 1 aliphatic heterocycles. The van der Waals surface area contributed by atoms with Crippen LogP contribution in [0.25, 0.3) is 0 Å². The van der Waals surface area contributed by atoms with Crippen LogP contribution in [0.4, 0.5) is 5.69 Å². The van der Waals surface area contributed by atoms with Crippen molar-refractivity contribution in [1.29, 1.82) is 0 Å². The molecule has 0 spiro atoms. The highest BCUT2D eigenvalue weighted by Crippen LogP contribution is 2.22. The van der Waals surface area contributed by atoms with Crippen molar-refractivity contribution in [3.8, 4) is 0 Å². The molecule has 1 aliphatic rings. The largest absolute Gasteiger partial charge is 0.384 e. The third kappa shape index (κ3) is 5.56. The smallest absolute Gasteiger partial charge is 0.253 e. The third-order valence-electron chi connectivity index (χ3n) is 4.55. The topological polar surface area (TPSA) is 58.6 Å². The summed E-state index contributed by atoms with van der Waals surface area (Å²) in [6.45, 7) is 8.20. The summed E-state index contributed by atoms with van der Waals surface area (Å²) in [5.41, 5.74) is 2.36. The van der Waals surface area contributed by atoms with Crippen LogP contribution >= 0.6 is 0 Å². The van der Waals surface area contributed by atoms with Crippen LogP contribution in [-0.2, 0) is 9.53 Å². The molecule has 2 amide bonds. The van der Waals surface area contributed by atoms with Gasteiger partial charge >= 0.3 is 0 Å². The second-order valence-corrected chi connectivity index (χ2v) is 7.39. The Bertz CT molecular complexity index is 611. The number of methoxy groups -OCH3 is 1. The lowest BCUT2D eigenvalue weighted by Gasteiger charge is -2.32. The zero-order valence-electron chi connectivity index (χ0n) is 15.8. The van der Waals surface area contributed by atoms with Crippen LogP contribution in [0.1, 0.15) is 49.0 Å². The quantitative estimate of drug-likeness (QED) is 0.858. The third-order valence-corrected chi connectivity index (χ3v) is 4.55. The van der Waals surface area contributed by atoms with Crippen molar-refractivity contribution in [3.05, 3.63) is 29.3 Å². The fraction of sp³-hybridized carbons (Fsp3) is 0.600. The van der Waals surface area contributed by atoms with Crippen LogP contribution in [0.2, 0.25) is 0 Å². The molecule has 0 unspecified atom stereocenters.